The van der Waals surface area contributed by atoms with Crippen LogP contribution in [0.2, 0.25) is 0 Å². The highest BCUT2D eigenvalue weighted by Gasteiger charge is 2.08. The smallest absolute Gasteiger partial charge is 0.305 e. The summed E-state index contributed by atoms with van der Waals surface area (Å²) in [7, 11) is 0. The van der Waals surface area contributed by atoms with Gasteiger partial charge >= 0.3 is 5.97 Å². The second-order valence-corrected chi connectivity index (χ2v) is 8.47. The summed E-state index contributed by atoms with van der Waals surface area (Å²) >= 11 is 0. The Labute approximate surface area is 185 Å². The first kappa shape index (κ1) is 26.4. The molecule has 2 N–H and O–H groups in total. The molecule has 3 nitrogen and oxygen atoms in total. The zero-order chi connectivity index (χ0) is 21.7. The third-order valence-corrected chi connectivity index (χ3v) is 5.44. The van der Waals surface area contributed by atoms with E-state index in [1.165, 1.54) is 76.2 Å². The Balaban J connectivity index is 1.86. The van der Waals surface area contributed by atoms with Gasteiger partial charge in [0.1, 0.15) is 6.61 Å². The quantitative estimate of drug-likeness (QED) is 0.148. The second-order valence-electron chi connectivity index (χ2n) is 8.47. The number of carbonyl (C=O) groups excluding carboxylic acids is 1. The summed E-state index contributed by atoms with van der Waals surface area (Å²) < 4.78 is 5.32. The number of unbranched alkanes of at least 4 members (excludes halogenated alkanes) is 11. The minimum absolute atomic E-state index is 0.115. The number of ether oxygens (including phenoxy) is 1. The lowest BCUT2D eigenvalue weighted by Gasteiger charge is -2.12. The van der Waals surface area contributed by atoms with Crippen molar-refractivity contribution in [2.45, 2.75) is 109 Å². The maximum absolute atomic E-state index is 11.8. The molecule has 0 bridgehead atoms. The van der Waals surface area contributed by atoms with Crippen molar-refractivity contribution in [3.63, 3.8) is 0 Å². The second kappa shape index (κ2) is 19.4. The molecule has 0 aliphatic rings. The summed E-state index contributed by atoms with van der Waals surface area (Å²) in [6, 6.07) is 9.95. The predicted molar refractivity (Wildman–Crippen MR) is 129 cm³/mol. The van der Waals surface area contributed by atoms with E-state index in [4.69, 9.17) is 10.5 Å². The van der Waals surface area contributed by atoms with E-state index in [2.05, 4.69) is 19.1 Å². The highest BCUT2D eigenvalue weighted by Crippen LogP contribution is 2.10. The summed E-state index contributed by atoms with van der Waals surface area (Å²) in [4.78, 5) is 11.8. The Kier molecular flexibility index (Phi) is 17.1. The molecule has 0 saturated heterocycles. The molecule has 3 heteroatoms. The van der Waals surface area contributed by atoms with Crippen molar-refractivity contribution in [1.82, 2.24) is 0 Å². The van der Waals surface area contributed by atoms with Crippen molar-refractivity contribution in [3.05, 3.63) is 48.0 Å². The fraction of sp³-hybridized carbons (Fsp3) is 0.667. The number of rotatable bonds is 19. The summed E-state index contributed by atoms with van der Waals surface area (Å²) in [5.41, 5.74) is 7.24. The van der Waals surface area contributed by atoms with E-state index < -0.39 is 0 Å². The average molecular weight is 416 g/mol. The lowest BCUT2D eigenvalue weighted by atomic mass is 10.1. The van der Waals surface area contributed by atoms with E-state index in [0.29, 0.717) is 13.0 Å². The molecule has 0 fully saturated rings. The van der Waals surface area contributed by atoms with Crippen LogP contribution in [-0.4, -0.2) is 18.6 Å². The van der Waals surface area contributed by atoms with Crippen LogP contribution in [0.1, 0.15) is 102 Å². The molecule has 1 atom stereocenters. The fourth-order valence-electron chi connectivity index (χ4n) is 3.59. The first-order chi connectivity index (χ1) is 14.7. The summed E-state index contributed by atoms with van der Waals surface area (Å²) in [6.07, 6.45) is 22.4. The van der Waals surface area contributed by atoms with E-state index in [9.17, 15) is 4.79 Å². The SMILES string of the molecule is CCCCCCCC/C=C\CCCCCCCC(=O)OCC(N)Cc1ccccc1. The molecule has 0 spiro atoms. The number of hydrogen-bond donors (Lipinski definition) is 1. The van der Waals surface area contributed by atoms with Crippen molar-refractivity contribution in [3.8, 4) is 0 Å². The van der Waals surface area contributed by atoms with Crippen LogP contribution < -0.4 is 5.73 Å². The zero-order valence-corrected chi connectivity index (χ0v) is 19.3. The Morgan fingerprint density at radius 3 is 2.07 bits per heavy atom. The van der Waals surface area contributed by atoms with Crippen molar-refractivity contribution < 1.29 is 9.53 Å². The lowest BCUT2D eigenvalue weighted by Crippen LogP contribution is -2.30. The summed E-state index contributed by atoms with van der Waals surface area (Å²) in [5, 5.41) is 0. The van der Waals surface area contributed by atoms with E-state index in [0.717, 1.165) is 19.3 Å². The van der Waals surface area contributed by atoms with Crippen LogP contribution in [0.3, 0.4) is 0 Å². The van der Waals surface area contributed by atoms with Gasteiger partial charge < -0.3 is 10.5 Å². The molecule has 0 heterocycles. The van der Waals surface area contributed by atoms with Crippen LogP contribution in [0.5, 0.6) is 0 Å². The van der Waals surface area contributed by atoms with E-state index in [1.807, 2.05) is 30.3 Å². The third kappa shape index (κ3) is 16.2. The van der Waals surface area contributed by atoms with Gasteiger partial charge in [-0.2, -0.15) is 0 Å². The molecule has 0 radical (unpaired) electrons. The number of benzene rings is 1. The molecular weight excluding hydrogens is 370 g/mol. The van der Waals surface area contributed by atoms with Crippen LogP contribution in [0.15, 0.2) is 42.5 Å². The molecule has 1 aromatic rings. The highest BCUT2D eigenvalue weighted by atomic mass is 16.5. The van der Waals surface area contributed by atoms with Gasteiger partial charge in [0.2, 0.25) is 0 Å². The number of esters is 1. The molecule has 1 aromatic carbocycles. The largest absolute Gasteiger partial charge is 0.464 e. The molecule has 0 aliphatic carbocycles. The zero-order valence-electron chi connectivity index (χ0n) is 19.3. The molecule has 30 heavy (non-hydrogen) atoms. The molecule has 0 aliphatic heterocycles. The summed E-state index contributed by atoms with van der Waals surface area (Å²) in [6.45, 7) is 2.57. The number of carbonyl (C=O) groups is 1. The molecule has 0 saturated carbocycles. The number of nitrogens with two attached hydrogens (primary N) is 1. The van der Waals surface area contributed by atoms with E-state index in [-0.39, 0.29) is 12.0 Å². The predicted octanol–water partition coefficient (Wildman–Crippen LogP) is 7.14. The molecule has 1 rings (SSSR count). The normalized spacial score (nSPS) is 12.3. The number of hydrogen-bond acceptors (Lipinski definition) is 3. The third-order valence-electron chi connectivity index (χ3n) is 5.44. The Bertz CT molecular complexity index is 541. The average Bonchev–Trinajstić information content (AvgIpc) is 2.75. The van der Waals surface area contributed by atoms with Gasteiger partial charge in [-0.1, -0.05) is 101 Å². The maximum Gasteiger partial charge on any atom is 0.305 e. The van der Waals surface area contributed by atoms with Gasteiger partial charge in [0, 0.05) is 12.5 Å². The van der Waals surface area contributed by atoms with E-state index >= 15 is 0 Å². The topological polar surface area (TPSA) is 52.3 Å². The van der Waals surface area contributed by atoms with Crippen molar-refractivity contribution in [1.29, 1.82) is 0 Å². The Morgan fingerprint density at radius 2 is 1.43 bits per heavy atom. The standard InChI is InChI=1S/C27H45NO2/c1-2-3-4-5-6-7-8-9-10-11-12-13-14-15-19-22-27(29)30-24-26(28)23-25-20-17-16-18-21-25/h9-10,16-18,20-21,26H,2-8,11-15,19,22-24,28H2,1H3/b10-9-. The molecular formula is C27H45NO2. The van der Waals surface area contributed by atoms with Gasteiger partial charge in [-0.3, -0.25) is 4.79 Å². The fourth-order valence-corrected chi connectivity index (χ4v) is 3.59. The first-order valence-corrected chi connectivity index (χ1v) is 12.3. The van der Waals surface area contributed by atoms with Crippen molar-refractivity contribution >= 4 is 5.97 Å². The van der Waals surface area contributed by atoms with Gasteiger partial charge in [-0.25, -0.2) is 0 Å². The molecule has 0 amide bonds. The Morgan fingerprint density at radius 1 is 0.867 bits per heavy atom. The van der Waals surface area contributed by atoms with Crippen LogP contribution in [0.4, 0.5) is 0 Å². The lowest BCUT2D eigenvalue weighted by molar-refractivity contribution is -0.144. The van der Waals surface area contributed by atoms with Gasteiger partial charge in [-0.15, -0.1) is 0 Å². The number of allylic oxidation sites excluding steroid dienone is 2. The van der Waals surface area contributed by atoms with Crippen molar-refractivity contribution in [2.75, 3.05) is 6.61 Å². The molecule has 1 unspecified atom stereocenters. The van der Waals surface area contributed by atoms with Crippen LogP contribution in [-0.2, 0) is 16.0 Å². The summed E-state index contributed by atoms with van der Waals surface area (Å²) in [5.74, 6) is -0.115. The maximum atomic E-state index is 11.8. The van der Waals surface area contributed by atoms with Crippen molar-refractivity contribution in [2.24, 2.45) is 5.73 Å². The van der Waals surface area contributed by atoms with Crippen LogP contribution >= 0.6 is 0 Å². The minimum atomic E-state index is -0.134. The van der Waals surface area contributed by atoms with Gasteiger partial charge in [-0.05, 0) is 44.1 Å². The monoisotopic (exact) mass is 415 g/mol. The molecule has 0 aromatic heterocycles. The minimum Gasteiger partial charge on any atom is -0.464 e. The van der Waals surface area contributed by atoms with Gasteiger partial charge in [0.15, 0.2) is 0 Å². The Hall–Kier alpha value is -1.61. The highest BCUT2D eigenvalue weighted by molar-refractivity contribution is 5.69. The van der Waals surface area contributed by atoms with Gasteiger partial charge in [0.05, 0.1) is 0 Å². The van der Waals surface area contributed by atoms with Crippen LogP contribution in [0.25, 0.3) is 0 Å². The van der Waals surface area contributed by atoms with Crippen LogP contribution in [0, 0.1) is 0 Å². The molecule has 170 valence electrons. The van der Waals surface area contributed by atoms with Gasteiger partial charge in [0.25, 0.3) is 0 Å². The first-order valence-electron chi connectivity index (χ1n) is 12.3. The van der Waals surface area contributed by atoms with E-state index in [1.54, 1.807) is 0 Å².